The van der Waals surface area contributed by atoms with Crippen molar-refractivity contribution in [3.8, 4) is 0 Å². The van der Waals surface area contributed by atoms with E-state index in [9.17, 15) is 24.5 Å². The number of nitrogens with one attached hydrogen (secondary N) is 3. The summed E-state index contributed by atoms with van der Waals surface area (Å²) < 4.78 is 0. The standard InChI is InChI=1S/C31H25ClN4O5S/c1-20(29(37)34-25-9-5-8-23(32)19-25)42-27-16-12-24(13-17-27)33-31(39)28(35-30(38)22-6-3-2-4-7-22)18-21-10-14-26(15-11-21)36(40)41/h2-20H,1H3,(H,33,39)(H,34,37)(H,35,38)/b28-18-. The van der Waals surface area contributed by atoms with Crippen molar-refractivity contribution in [3.63, 3.8) is 0 Å². The summed E-state index contributed by atoms with van der Waals surface area (Å²) in [6.45, 7) is 1.78. The first kappa shape index (κ1) is 30.0. The van der Waals surface area contributed by atoms with E-state index in [0.717, 1.165) is 4.90 Å². The van der Waals surface area contributed by atoms with Gasteiger partial charge in [-0.3, -0.25) is 24.5 Å². The fourth-order valence-corrected chi connectivity index (χ4v) is 4.74. The van der Waals surface area contributed by atoms with Gasteiger partial charge in [0.15, 0.2) is 0 Å². The van der Waals surface area contributed by atoms with Crippen molar-refractivity contribution in [3.05, 3.63) is 135 Å². The molecule has 1 atom stereocenters. The molecule has 3 amide bonds. The minimum Gasteiger partial charge on any atom is -0.325 e. The first-order valence-corrected chi connectivity index (χ1v) is 13.9. The Morgan fingerprint density at radius 2 is 1.55 bits per heavy atom. The van der Waals surface area contributed by atoms with Crippen molar-refractivity contribution >= 4 is 64.2 Å². The van der Waals surface area contributed by atoms with Gasteiger partial charge >= 0.3 is 0 Å². The number of non-ortho nitro benzene ring substituents is 1. The number of hydrogen-bond acceptors (Lipinski definition) is 6. The molecule has 42 heavy (non-hydrogen) atoms. The van der Waals surface area contributed by atoms with E-state index in [4.69, 9.17) is 11.6 Å². The van der Waals surface area contributed by atoms with Gasteiger partial charge in [0.1, 0.15) is 5.70 Å². The summed E-state index contributed by atoms with van der Waals surface area (Å²) in [5.74, 6) is -1.27. The van der Waals surface area contributed by atoms with Crippen LogP contribution in [-0.4, -0.2) is 27.9 Å². The third-order valence-corrected chi connectivity index (χ3v) is 7.18. The van der Waals surface area contributed by atoms with Crippen molar-refractivity contribution in [1.82, 2.24) is 5.32 Å². The lowest BCUT2D eigenvalue weighted by Gasteiger charge is -2.14. The van der Waals surface area contributed by atoms with Crippen LogP contribution in [0.25, 0.3) is 6.08 Å². The highest BCUT2D eigenvalue weighted by Gasteiger charge is 2.17. The normalized spacial score (nSPS) is 11.7. The van der Waals surface area contributed by atoms with E-state index in [1.807, 2.05) is 0 Å². The molecule has 0 aliphatic rings. The zero-order valence-electron chi connectivity index (χ0n) is 22.2. The number of hydrogen-bond donors (Lipinski definition) is 3. The maximum absolute atomic E-state index is 13.2. The molecule has 1 unspecified atom stereocenters. The van der Waals surface area contributed by atoms with Crippen molar-refractivity contribution < 1.29 is 19.3 Å². The Morgan fingerprint density at radius 3 is 2.19 bits per heavy atom. The SMILES string of the molecule is CC(Sc1ccc(NC(=O)/C(=C/c2ccc([N+](=O)[O-])cc2)NC(=O)c2ccccc2)cc1)C(=O)Nc1cccc(Cl)c1. The number of halogens is 1. The summed E-state index contributed by atoms with van der Waals surface area (Å²) in [4.78, 5) is 49.9. The molecule has 0 saturated heterocycles. The van der Waals surface area contributed by atoms with Gasteiger partial charge in [-0.1, -0.05) is 35.9 Å². The van der Waals surface area contributed by atoms with Crippen LogP contribution in [0.4, 0.5) is 17.1 Å². The lowest BCUT2D eigenvalue weighted by atomic mass is 10.1. The first-order chi connectivity index (χ1) is 20.2. The van der Waals surface area contributed by atoms with Crippen LogP contribution in [0.5, 0.6) is 0 Å². The average molecular weight is 601 g/mol. The van der Waals surface area contributed by atoms with E-state index in [-0.39, 0.29) is 17.3 Å². The summed E-state index contributed by atoms with van der Waals surface area (Å²) in [7, 11) is 0. The van der Waals surface area contributed by atoms with E-state index in [1.165, 1.54) is 42.1 Å². The molecule has 0 fully saturated rings. The fourth-order valence-electron chi connectivity index (χ4n) is 3.68. The zero-order valence-corrected chi connectivity index (χ0v) is 23.8. The van der Waals surface area contributed by atoms with Crippen LogP contribution in [-0.2, 0) is 9.59 Å². The predicted octanol–water partition coefficient (Wildman–Crippen LogP) is 6.78. The summed E-state index contributed by atoms with van der Waals surface area (Å²) in [5.41, 5.74) is 1.76. The van der Waals surface area contributed by atoms with E-state index in [2.05, 4.69) is 16.0 Å². The monoisotopic (exact) mass is 600 g/mol. The second-order valence-electron chi connectivity index (χ2n) is 8.96. The molecule has 4 aromatic rings. The molecule has 212 valence electrons. The second-order valence-corrected chi connectivity index (χ2v) is 10.8. The molecule has 0 aromatic heterocycles. The molecular weight excluding hydrogens is 576 g/mol. The van der Waals surface area contributed by atoms with Gasteiger partial charge in [-0.05, 0) is 85.3 Å². The fraction of sp³-hybridized carbons (Fsp3) is 0.0645. The van der Waals surface area contributed by atoms with Crippen LogP contribution in [0.1, 0.15) is 22.8 Å². The highest BCUT2D eigenvalue weighted by molar-refractivity contribution is 8.00. The number of carbonyl (C=O) groups is 3. The maximum atomic E-state index is 13.2. The quantitative estimate of drug-likeness (QED) is 0.0796. The largest absolute Gasteiger partial charge is 0.325 e. The third-order valence-electron chi connectivity index (χ3n) is 5.83. The predicted molar refractivity (Wildman–Crippen MR) is 165 cm³/mol. The number of nitro benzene ring substituents is 1. The minimum absolute atomic E-state index is 0.0533. The van der Waals surface area contributed by atoms with Crippen LogP contribution in [0.15, 0.2) is 114 Å². The highest BCUT2D eigenvalue weighted by atomic mass is 35.5. The van der Waals surface area contributed by atoms with Crippen LogP contribution in [0.2, 0.25) is 5.02 Å². The summed E-state index contributed by atoms with van der Waals surface area (Å²) in [6, 6.07) is 27.8. The number of nitro groups is 1. The average Bonchev–Trinajstić information content (AvgIpc) is 2.98. The van der Waals surface area contributed by atoms with E-state index >= 15 is 0 Å². The summed E-state index contributed by atoms with van der Waals surface area (Å²) in [5, 5.41) is 19.3. The molecule has 3 N–H and O–H groups in total. The highest BCUT2D eigenvalue weighted by Crippen LogP contribution is 2.26. The van der Waals surface area contributed by atoms with Gasteiger partial charge in [0.25, 0.3) is 17.5 Å². The number of benzene rings is 4. The molecule has 0 bridgehead atoms. The third kappa shape index (κ3) is 8.53. The van der Waals surface area contributed by atoms with Gasteiger partial charge in [0.05, 0.1) is 10.2 Å². The van der Waals surface area contributed by atoms with Crippen LogP contribution in [0, 0.1) is 10.1 Å². The Balaban J connectivity index is 1.45. The lowest BCUT2D eigenvalue weighted by Crippen LogP contribution is -2.30. The van der Waals surface area contributed by atoms with Gasteiger partial charge in [0.2, 0.25) is 5.91 Å². The number of carbonyl (C=O) groups excluding carboxylic acids is 3. The van der Waals surface area contributed by atoms with Crippen molar-refractivity contribution in [1.29, 1.82) is 0 Å². The Hall–Kier alpha value is -4.93. The van der Waals surface area contributed by atoms with Crippen LogP contribution < -0.4 is 16.0 Å². The Kier molecular flexibility index (Phi) is 10.1. The van der Waals surface area contributed by atoms with Crippen LogP contribution in [0.3, 0.4) is 0 Å². The molecule has 0 aliphatic heterocycles. The summed E-state index contributed by atoms with van der Waals surface area (Å²) in [6.07, 6.45) is 1.43. The van der Waals surface area contributed by atoms with E-state index in [1.54, 1.807) is 85.8 Å². The lowest BCUT2D eigenvalue weighted by molar-refractivity contribution is -0.384. The van der Waals surface area contributed by atoms with Gasteiger partial charge in [-0.2, -0.15) is 0 Å². The molecule has 0 saturated carbocycles. The van der Waals surface area contributed by atoms with Gasteiger partial charge < -0.3 is 16.0 Å². The molecule has 9 nitrogen and oxygen atoms in total. The second kappa shape index (κ2) is 14.1. The number of rotatable bonds is 10. The molecule has 4 rings (SSSR count). The number of thioether (sulfide) groups is 1. The molecule has 0 radical (unpaired) electrons. The van der Waals surface area contributed by atoms with Crippen molar-refractivity contribution in [2.75, 3.05) is 10.6 Å². The smallest absolute Gasteiger partial charge is 0.272 e. The van der Waals surface area contributed by atoms with Crippen molar-refractivity contribution in [2.24, 2.45) is 0 Å². The molecule has 4 aromatic carbocycles. The van der Waals surface area contributed by atoms with Gasteiger partial charge in [-0.15, -0.1) is 11.8 Å². The van der Waals surface area contributed by atoms with Gasteiger partial charge in [-0.25, -0.2) is 0 Å². The summed E-state index contributed by atoms with van der Waals surface area (Å²) >= 11 is 7.33. The molecule has 0 heterocycles. The first-order valence-electron chi connectivity index (χ1n) is 12.6. The van der Waals surface area contributed by atoms with Crippen LogP contribution >= 0.6 is 23.4 Å². The maximum Gasteiger partial charge on any atom is 0.272 e. The number of anilines is 2. The van der Waals surface area contributed by atoms with E-state index < -0.39 is 22.0 Å². The van der Waals surface area contributed by atoms with Crippen molar-refractivity contribution in [2.45, 2.75) is 17.1 Å². The zero-order chi connectivity index (χ0) is 30.1. The number of amides is 3. The topological polar surface area (TPSA) is 130 Å². The van der Waals surface area contributed by atoms with Gasteiger partial charge in [0, 0.05) is 39.0 Å². The molecular formula is C31H25ClN4O5S. The Bertz CT molecular complexity index is 1630. The Morgan fingerprint density at radius 1 is 0.857 bits per heavy atom. The minimum atomic E-state index is -0.590. The van der Waals surface area contributed by atoms with E-state index in [0.29, 0.717) is 27.5 Å². The molecule has 0 aliphatic carbocycles. The number of nitrogens with zero attached hydrogens (tertiary/aromatic N) is 1. The molecule has 11 heteroatoms. The Labute approximate surface area is 251 Å². The molecule has 0 spiro atoms.